The van der Waals surface area contributed by atoms with Crippen molar-refractivity contribution in [3.05, 3.63) is 29.3 Å². The van der Waals surface area contributed by atoms with Gasteiger partial charge in [-0.2, -0.15) is 0 Å². The average Bonchev–Trinajstić information content (AvgIpc) is 2.29. The van der Waals surface area contributed by atoms with Crippen molar-refractivity contribution in [3.8, 4) is 5.75 Å². The first kappa shape index (κ1) is 12.7. The fraction of sp³-hybridized carbons (Fsp3) is 0.273. The van der Waals surface area contributed by atoms with Crippen molar-refractivity contribution in [2.75, 3.05) is 11.9 Å². The lowest BCUT2D eigenvalue weighted by Gasteiger charge is -2.05. The number of hydrogen-bond donors (Lipinski definition) is 1. The van der Waals surface area contributed by atoms with Crippen LogP contribution in [0.4, 0.5) is 0 Å². The van der Waals surface area contributed by atoms with Gasteiger partial charge in [-0.15, -0.1) is 0 Å². The zero-order valence-electron chi connectivity index (χ0n) is 8.70. The number of carbonyl (C=O) groups is 2. The monoisotopic (exact) mass is 286 g/mol. The molecule has 1 N–H and O–H groups in total. The van der Waals surface area contributed by atoms with Crippen LogP contribution in [-0.4, -0.2) is 28.8 Å². The molecule has 0 aliphatic heterocycles. The minimum atomic E-state index is -0.635. The number of phenols is 1. The van der Waals surface area contributed by atoms with E-state index in [9.17, 15) is 14.7 Å². The summed E-state index contributed by atoms with van der Waals surface area (Å²) in [4.78, 5) is 22.8. The van der Waals surface area contributed by atoms with Crippen LogP contribution >= 0.6 is 15.9 Å². The van der Waals surface area contributed by atoms with Gasteiger partial charge >= 0.3 is 5.97 Å². The minimum Gasteiger partial charge on any atom is -0.507 e. The SMILES string of the molecule is CCOC(=O)c1cc(C(=O)CBr)ccc1O. The third-order valence-corrected chi connectivity index (χ3v) is 2.44. The maximum atomic E-state index is 11.4. The van der Waals surface area contributed by atoms with Gasteiger partial charge in [-0.3, -0.25) is 4.79 Å². The summed E-state index contributed by atoms with van der Waals surface area (Å²) < 4.78 is 4.76. The van der Waals surface area contributed by atoms with Crippen LogP contribution in [0.5, 0.6) is 5.75 Å². The van der Waals surface area contributed by atoms with Crippen molar-refractivity contribution in [2.45, 2.75) is 6.92 Å². The van der Waals surface area contributed by atoms with E-state index in [1.54, 1.807) is 6.92 Å². The topological polar surface area (TPSA) is 63.6 Å². The van der Waals surface area contributed by atoms with E-state index in [4.69, 9.17) is 4.74 Å². The van der Waals surface area contributed by atoms with E-state index < -0.39 is 5.97 Å². The summed E-state index contributed by atoms with van der Waals surface area (Å²) in [7, 11) is 0. The molecule has 1 aromatic rings. The molecule has 4 nitrogen and oxygen atoms in total. The molecule has 5 heteroatoms. The molecule has 1 aromatic carbocycles. The fourth-order valence-corrected chi connectivity index (χ4v) is 1.48. The van der Waals surface area contributed by atoms with Crippen molar-refractivity contribution in [2.24, 2.45) is 0 Å². The van der Waals surface area contributed by atoms with Crippen LogP contribution in [0, 0.1) is 0 Å². The van der Waals surface area contributed by atoms with Crippen molar-refractivity contribution in [1.29, 1.82) is 0 Å². The van der Waals surface area contributed by atoms with Crippen LogP contribution in [0.2, 0.25) is 0 Å². The number of carbonyl (C=O) groups excluding carboxylic acids is 2. The predicted octanol–water partition coefficient (Wildman–Crippen LogP) is 2.15. The summed E-state index contributed by atoms with van der Waals surface area (Å²) in [5.74, 6) is -0.987. The van der Waals surface area contributed by atoms with Gasteiger partial charge in [0.15, 0.2) is 5.78 Å². The molecule has 16 heavy (non-hydrogen) atoms. The second-order valence-electron chi connectivity index (χ2n) is 3.01. The number of hydrogen-bond acceptors (Lipinski definition) is 4. The summed E-state index contributed by atoms with van der Waals surface area (Å²) in [5, 5.41) is 9.63. The molecule has 0 bridgehead atoms. The Morgan fingerprint density at radius 1 is 1.44 bits per heavy atom. The molecule has 0 spiro atoms. The first-order valence-electron chi connectivity index (χ1n) is 4.69. The Bertz CT molecular complexity index is 414. The van der Waals surface area contributed by atoms with Gasteiger partial charge in [-0.25, -0.2) is 4.79 Å². The number of halogens is 1. The molecule has 0 heterocycles. The quantitative estimate of drug-likeness (QED) is 0.523. The molecule has 0 atom stereocenters. The largest absolute Gasteiger partial charge is 0.507 e. The second kappa shape index (κ2) is 5.65. The summed E-state index contributed by atoms with van der Waals surface area (Å²) in [6.07, 6.45) is 0. The third kappa shape index (κ3) is 2.82. The maximum Gasteiger partial charge on any atom is 0.341 e. The Hall–Kier alpha value is -1.36. The van der Waals surface area contributed by atoms with Crippen LogP contribution in [0.3, 0.4) is 0 Å². The van der Waals surface area contributed by atoms with Crippen molar-refractivity contribution in [3.63, 3.8) is 0 Å². The van der Waals surface area contributed by atoms with Gasteiger partial charge in [0, 0.05) is 5.56 Å². The van der Waals surface area contributed by atoms with Crippen LogP contribution in [0.25, 0.3) is 0 Å². The van der Waals surface area contributed by atoms with Crippen molar-refractivity contribution < 1.29 is 19.4 Å². The second-order valence-corrected chi connectivity index (χ2v) is 3.57. The molecule has 1 rings (SSSR count). The van der Waals surface area contributed by atoms with Gasteiger partial charge in [-0.1, -0.05) is 15.9 Å². The van der Waals surface area contributed by atoms with E-state index in [-0.39, 0.29) is 29.0 Å². The number of aromatic hydroxyl groups is 1. The molecule has 0 saturated carbocycles. The molecule has 86 valence electrons. The number of rotatable bonds is 4. The van der Waals surface area contributed by atoms with Gasteiger partial charge in [0.1, 0.15) is 11.3 Å². The highest BCUT2D eigenvalue weighted by molar-refractivity contribution is 9.09. The van der Waals surface area contributed by atoms with E-state index in [0.717, 1.165) is 0 Å². The van der Waals surface area contributed by atoms with E-state index in [1.165, 1.54) is 18.2 Å². The van der Waals surface area contributed by atoms with E-state index in [0.29, 0.717) is 5.56 Å². The molecule has 0 amide bonds. The molecule has 0 aliphatic carbocycles. The molecule has 0 aromatic heterocycles. The molecule has 0 fully saturated rings. The van der Waals surface area contributed by atoms with Gasteiger partial charge < -0.3 is 9.84 Å². The highest BCUT2D eigenvalue weighted by Crippen LogP contribution is 2.20. The Labute approximate surface area is 101 Å². The molecule has 0 saturated heterocycles. The van der Waals surface area contributed by atoms with Gasteiger partial charge in [0.05, 0.1) is 11.9 Å². The summed E-state index contributed by atoms with van der Waals surface area (Å²) in [6, 6.07) is 4.10. The number of benzene rings is 1. The van der Waals surface area contributed by atoms with Crippen molar-refractivity contribution in [1.82, 2.24) is 0 Å². The van der Waals surface area contributed by atoms with Crippen LogP contribution in [0.1, 0.15) is 27.6 Å². The van der Waals surface area contributed by atoms with Gasteiger partial charge in [-0.05, 0) is 25.1 Å². The number of phenolic OH excluding ortho intramolecular Hbond substituents is 1. The third-order valence-electron chi connectivity index (χ3n) is 1.94. The van der Waals surface area contributed by atoms with E-state index in [1.807, 2.05) is 0 Å². The highest BCUT2D eigenvalue weighted by Gasteiger charge is 2.15. The summed E-state index contributed by atoms with van der Waals surface area (Å²) in [6.45, 7) is 1.89. The number of ether oxygens (including phenoxy) is 1. The number of alkyl halides is 1. The van der Waals surface area contributed by atoms with Gasteiger partial charge in [0.25, 0.3) is 0 Å². The number of esters is 1. The standard InChI is InChI=1S/C11H11BrO4/c1-2-16-11(15)8-5-7(10(14)6-12)3-4-9(8)13/h3-5,13H,2,6H2,1H3. The summed E-state index contributed by atoms with van der Waals surface area (Å²) >= 11 is 3.03. The van der Waals surface area contributed by atoms with Gasteiger partial charge in [0.2, 0.25) is 0 Å². The molecule has 0 aliphatic rings. The smallest absolute Gasteiger partial charge is 0.341 e. The fourth-order valence-electron chi connectivity index (χ4n) is 1.16. The van der Waals surface area contributed by atoms with Crippen LogP contribution in [0.15, 0.2) is 18.2 Å². The molecular weight excluding hydrogens is 276 g/mol. The Morgan fingerprint density at radius 2 is 2.12 bits per heavy atom. The van der Waals surface area contributed by atoms with E-state index in [2.05, 4.69) is 15.9 Å². The zero-order chi connectivity index (χ0) is 12.1. The van der Waals surface area contributed by atoms with Crippen LogP contribution < -0.4 is 0 Å². The lowest BCUT2D eigenvalue weighted by molar-refractivity contribution is 0.0523. The lowest BCUT2D eigenvalue weighted by Crippen LogP contribution is -2.07. The zero-order valence-corrected chi connectivity index (χ0v) is 10.3. The molecule has 0 unspecified atom stereocenters. The van der Waals surface area contributed by atoms with E-state index >= 15 is 0 Å². The van der Waals surface area contributed by atoms with Crippen molar-refractivity contribution >= 4 is 27.7 Å². The number of ketones is 1. The first-order chi connectivity index (χ1) is 7.60. The molecular formula is C11H11BrO4. The normalized spacial score (nSPS) is 9.88. The Kier molecular flexibility index (Phi) is 4.49. The number of Topliss-reactive ketones (excluding diaryl/α,β-unsaturated/α-hetero) is 1. The Balaban J connectivity index is 3.08. The minimum absolute atomic E-state index is 0.00801. The predicted molar refractivity (Wildman–Crippen MR) is 62.2 cm³/mol. The Morgan fingerprint density at radius 3 is 2.69 bits per heavy atom. The van der Waals surface area contributed by atoms with Crippen LogP contribution in [-0.2, 0) is 4.74 Å². The highest BCUT2D eigenvalue weighted by atomic mass is 79.9. The lowest BCUT2D eigenvalue weighted by atomic mass is 10.1. The summed E-state index contributed by atoms with van der Waals surface area (Å²) in [5.41, 5.74) is 0.367. The first-order valence-corrected chi connectivity index (χ1v) is 5.81. The maximum absolute atomic E-state index is 11.4. The molecule has 0 radical (unpaired) electrons. The average molecular weight is 287 g/mol.